The molecular formula is C19H23NO4. The number of para-hydroxylation sites is 1. The molecule has 1 aliphatic carbocycles. The second kappa shape index (κ2) is 7.26. The Morgan fingerprint density at radius 1 is 1.04 bits per heavy atom. The first-order chi connectivity index (χ1) is 11.6. The minimum absolute atomic E-state index is 0.119. The fourth-order valence-corrected chi connectivity index (χ4v) is 3.84. The van der Waals surface area contributed by atoms with E-state index < -0.39 is 6.10 Å². The van der Waals surface area contributed by atoms with Crippen LogP contribution in [-0.4, -0.2) is 28.8 Å². The number of Topliss-reactive ketones (excluding diaryl/α,β-unsaturated/α-hetero) is 1. The van der Waals surface area contributed by atoms with E-state index >= 15 is 0 Å². The molecule has 2 atom stereocenters. The van der Waals surface area contributed by atoms with E-state index in [2.05, 4.69) is 0 Å². The number of carbonyl (C=O) groups is 3. The van der Waals surface area contributed by atoms with Crippen LogP contribution in [0.3, 0.4) is 0 Å². The summed E-state index contributed by atoms with van der Waals surface area (Å²) < 4.78 is 0. The summed E-state index contributed by atoms with van der Waals surface area (Å²) in [7, 11) is 0. The zero-order valence-corrected chi connectivity index (χ0v) is 13.7. The number of hydrogen-bond acceptors (Lipinski definition) is 4. The van der Waals surface area contributed by atoms with Gasteiger partial charge in [0, 0.05) is 25.2 Å². The lowest BCUT2D eigenvalue weighted by Gasteiger charge is -2.33. The van der Waals surface area contributed by atoms with Crippen molar-refractivity contribution in [1.29, 1.82) is 0 Å². The predicted molar refractivity (Wildman–Crippen MR) is 89.2 cm³/mol. The number of benzene rings is 1. The number of rotatable bonds is 4. The van der Waals surface area contributed by atoms with E-state index in [4.69, 9.17) is 0 Å². The van der Waals surface area contributed by atoms with Crippen molar-refractivity contribution in [1.82, 2.24) is 0 Å². The van der Waals surface area contributed by atoms with Crippen LogP contribution in [0.25, 0.3) is 0 Å². The lowest BCUT2D eigenvalue weighted by Crippen LogP contribution is -2.44. The third kappa shape index (κ3) is 3.56. The van der Waals surface area contributed by atoms with Gasteiger partial charge in [0.2, 0.25) is 11.8 Å². The molecule has 2 amide bonds. The first kappa shape index (κ1) is 16.8. The predicted octanol–water partition coefficient (Wildman–Crippen LogP) is 2.47. The number of imide groups is 1. The van der Waals surface area contributed by atoms with Gasteiger partial charge in [-0.25, -0.2) is 0 Å². The van der Waals surface area contributed by atoms with Crippen molar-refractivity contribution in [2.24, 2.45) is 11.8 Å². The molecule has 1 aromatic carbocycles. The largest absolute Gasteiger partial charge is 0.392 e. The Morgan fingerprint density at radius 3 is 2.33 bits per heavy atom. The van der Waals surface area contributed by atoms with Crippen molar-refractivity contribution < 1.29 is 19.5 Å². The summed E-state index contributed by atoms with van der Waals surface area (Å²) in [5, 5.41) is 10.4. The van der Waals surface area contributed by atoms with E-state index in [0.717, 1.165) is 12.8 Å². The number of anilines is 1. The van der Waals surface area contributed by atoms with Crippen LogP contribution in [0.1, 0.15) is 44.9 Å². The van der Waals surface area contributed by atoms with Crippen LogP contribution in [-0.2, 0) is 14.4 Å². The molecule has 2 aliphatic rings. The summed E-state index contributed by atoms with van der Waals surface area (Å²) in [4.78, 5) is 38.0. The van der Waals surface area contributed by atoms with Gasteiger partial charge in [0.25, 0.3) is 0 Å². The molecule has 0 aromatic heterocycles. The smallest absolute Gasteiger partial charge is 0.234 e. The Bertz CT molecular complexity index is 610. The van der Waals surface area contributed by atoms with Gasteiger partial charge in [-0.2, -0.15) is 0 Å². The zero-order valence-electron chi connectivity index (χ0n) is 13.7. The van der Waals surface area contributed by atoms with Gasteiger partial charge in [-0.3, -0.25) is 19.3 Å². The molecule has 3 rings (SSSR count). The lowest BCUT2D eigenvalue weighted by molar-refractivity contribution is -0.131. The highest BCUT2D eigenvalue weighted by Crippen LogP contribution is 2.32. The molecule has 1 N–H and O–H groups in total. The van der Waals surface area contributed by atoms with Crippen LogP contribution in [0.5, 0.6) is 0 Å². The number of carbonyl (C=O) groups excluding carboxylic acids is 3. The molecule has 1 saturated heterocycles. The second-order valence-electron chi connectivity index (χ2n) is 6.85. The van der Waals surface area contributed by atoms with Gasteiger partial charge < -0.3 is 5.11 Å². The SMILES string of the molecule is O=C1CCCC[C@H]1C(O)CC1CC(=O)N(c2ccccc2)C(=O)C1. The third-order valence-electron chi connectivity index (χ3n) is 5.08. The molecule has 24 heavy (non-hydrogen) atoms. The number of aliphatic hydroxyl groups is 1. The Labute approximate surface area is 141 Å². The summed E-state index contributed by atoms with van der Waals surface area (Å²) in [6.07, 6.45) is 3.17. The number of amides is 2. The molecule has 1 heterocycles. The summed E-state index contributed by atoms with van der Waals surface area (Å²) in [5.74, 6) is -0.854. The quantitative estimate of drug-likeness (QED) is 0.861. The molecular weight excluding hydrogens is 306 g/mol. The van der Waals surface area contributed by atoms with E-state index in [9.17, 15) is 19.5 Å². The van der Waals surface area contributed by atoms with E-state index in [0.29, 0.717) is 24.9 Å². The van der Waals surface area contributed by atoms with Gasteiger partial charge in [-0.15, -0.1) is 0 Å². The van der Waals surface area contributed by atoms with Crippen LogP contribution in [0.4, 0.5) is 5.69 Å². The molecule has 0 spiro atoms. The van der Waals surface area contributed by atoms with Crippen LogP contribution >= 0.6 is 0 Å². The first-order valence-electron chi connectivity index (χ1n) is 8.68. The second-order valence-corrected chi connectivity index (χ2v) is 6.85. The van der Waals surface area contributed by atoms with Crippen LogP contribution < -0.4 is 4.90 Å². The van der Waals surface area contributed by atoms with Gasteiger partial charge >= 0.3 is 0 Å². The Kier molecular flexibility index (Phi) is 5.09. The van der Waals surface area contributed by atoms with Crippen LogP contribution in [0.2, 0.25) is 0 Å². The molecule has 1 unspecified atom stereocenters. The van der Waals surface area contributed by atoms with Gasteiger partial charge in [-0.1, -0.05) is 24.6 Å². The monoisotopic (exact) mass is 329 g/mol. The maximum absolute atomic E-state index is 12.4. The number of hydrogen-bond donors (Lipinski definition) is 1. The highest BCUT2D eigenvalue weighted by Gasteiger charge is 2.37. The Balaban J connectivity index is 1.63. The summed E-state index contributed by atoms with van der Waals surface area (Å²) in [6, 6.07) is 8.90. The molecule has 0 bridgehead atoms. The number of piperidine rings is 1. The lowest BCUT2D eigenvalue weighted by atomic mass is 9.79. The van der Waals surface area contributed by atoms with Gasteiger partial charge in [0.05, 0.1) is 11.8 Å². The maximum atomic E-state index is 12.4. The normalized spacial score (nSPS) is 24.3. The molecule has 1 saturated carbocycles. The van der Waals surface area contributed by atoms with Crippen molar-refractivity contribution in [3.05, 3.63) is 30.3 Å². The van der Waals surface area contributed by atoms with Crippen molar-refractivity contribution >= 4 is 23.3 Å². The highest BCUT2D eigenvalue weighted by atomic mass is 16.3. The van der Waals surface area contributed by atoms with Gasteiger partial charge in [-0.05, 0) is 37.3 Å². The van der Waals surface area contributed by atoms with E-state index in [-0.39, 0.29) is 42.3 Å². The molecule has 128 valence electrons. The summed E-state index contributed by atoms with van der Waals surface area (Å²) >= 11 is 0. The van der Waals surface area contributed by atoms with Crippen LogP contribution in [0, 0.1) is 11.8 Å². The fraction of sp³-hybridized carbons (Fsp3) is 0.526. The summed E-state index contributed by atoms with van der Waals surface area (Å²) in [6.45, 7) is 0. The fourth-order valence-electron chi connectivity index (χ4n) is 3.84. The van der Waals surface area contributed by atoms with E-state index in [1.165, 1.54) is 4.90 Å². The Hall–Kier alpha value is -2.01. The van der Waals surface area contributed by atoms with E-state index in [1.807, 2.05) is 6.07 Å². The molecule has 1 aliphatic heterocycles. The zero-order chi connectivity index (χ0) is 17.1. The van der Waals surface area contributed by atoms with Gasteiger partial charge in [0.1, 0.15) is 5.78 Å². The molecule has 1 aromatic rings. The number of nitrogens with zero attached hydrogens (tertiary/aromatic N) is 1. The molecule has 0 radical (unpaired) electrons. The van der Waals surface area contributed by atoms with E-state index in [1.54, 1.807) is 24.3 Å². The number of aliphatic hydroxyl groups excluding tert-OH is 1. The number of ketones is 1. The minimum atomic E-state index is -0.744. The average Bonchev–Trinajstić information content (AvgIpc) is 2.55. The topological polar surface area (TPSA) is 74.7 Å². The molecule has 5 heteroatoms. The Morgan fingerprint density at radius 2 is 1.71 bits per heavy atom. The third-order valence-corrected chi connectivity index (χ3v) is 5.08. The van der Waals surface area contributed by atoms with Crippen LogP contribution in [0.15, 0.2) is 30.3 Å². The van der Waals surface area contributed by atoms with Gasteiger partial charge in [0.15, 0.2) is 0 Å². The average molecular weight is 329 g/mol. The van der Waals surface area contributed by atoms with Crippen molar-refractivity contribution in [2.75, 3.05) is 4.90 Å². The van der Waals surface area contributed by atoms with Crippen molar-refractivity contribution in [2.45, 2.75) is 51.0 Å². The highest BCUT2D eigenvalue weighted by molar-refractivity contribution is 6.16. The maximum Gasteiger partial charge on any atom is 0.234 e. The van der Waals surface area contributed by atoms with Crippen molar-refractivity contribution in [3.8, 4) is 0 Å². The molecule has 2 fully saturated rings. The minimum Gasteiger partial charge on any atom is -0.392 e. The standard InChI is InChI=1S/C19H23NO4/c21-16-9-5-4-8-15(16)17(22)10-13-11-18(23)20(19(24)12-13)14-6-2-1-3-7-14/h1-3,6-7,13,15,17,22H,4-5,8-12H2/t15-,17?/m1/s1. The molecule has 5 nitrogen and oxygen atoms in total. The first-order valence-corrected chi connectivity index (χ1v) is 8.68. The van der Waals surface area contributed by atoms with Crippen molar-refractivity contribution in [3.63, 3.8) is 0 Å². The summed E-state index contributed by atoms with van der Waals surface area (Å²) in [5.41, 5.74) is 0.592.